The van der Waals surface area contributed by atoms with E-state index in [2.05, 4.69) is 0 Å². The summed E-state index contributed by atoms with van der Waals surface area (Å²) >= 11 is 0. The van der Waals surface area contributed by atoms with E-state index >= 15 is 0 Å². The van der Waals surface area contributed by atoms with E-state index in [1.807, 2.05) is 60.7 Å². The molecular weight excluding hydrogens is 244 g/mol. The van der Waals surface area contributed by atoms with E-state index in [-0.39, 0.29) is 6.61 Å². The molecule has 0 amide bonds. The van der Waals surface area contributed by atoms with Crippen molar-refractivity contribution in [2.24, 2.45) is 0 Å². The Morgan fingerprint density at radius 2 is 1.39 bits per heavy atom. The minimum atomic E-state index is -1.48. The van der Waals surface area contributed by atoms with Crippen LogP contribution in [-0.4, -0.2) is 26.7 Å². The molecule has 0 aliphatic carbocycles. The number of hydrogen-bond donors (Lipinski definition) is 1. The molecule has 1 radical (unpaired) electrons. The average Bonchev–Trinajstić information content (AvgIpc) is 2.41. The van der Waals surface area contributed by atoms with Crippen LogP contribution in [0.2, 0.25) is 0 Å². The van der Waals surface area contributed by atoms with Crippen LogP contribution in [0.25, 0.3) is 0 Å². The highest BCUT2D eigenvalue weighted by Gasteiger charge is 2.19. The lowest BCUT2D eigenvalue weighted by Crippen LogP contribution is -2.45. The van der Waals surface area contributed by atoms with Gasteiger partial charge < -0.3 is 9.53 Å². The summed E-state index contributed by atoms with van der Waals surface area (Å²) in [5, 5.41) is 10.8. The standard InChI is InChI=1S/C14H13O3Si/c15-14(16)11-17-18(12-7-3-1-4-8-12)13-9-5-2-6-10-13/h1-10H,11H2,(H,15,16). The molecule has 1 N–H and O–H groups in total. The average molecular weight is 257 g/mol. The predicted octanol–water partition coefficient (Wildman–Crippen LogP) is 0.893. The van der Waals surface area contributed by atoms with Gasteiger partial charge in [-0.15, -0.1) is 0 Å². The zero-order valence-electron chi connectivity index (χ0n) is 9.74. The maximum Gasteiger partial charge on any atom is 0.328 e. The molecule has 2 aromatic carbocycles. The molecule has 18 heavy (non-hydrogen) atoms. The Hall–Kier alpha value is -1.91. The van der Waals surface area contributed by atoms with E-state index < -0.39 is 15.0 Å². The number of hydrogen-bond acceptors (Lipinski definition) is 2. The smallest absolute Gasteiger partial charge is 0.328 e. The summed E-state index contributed by atoms with van der Waals surface area (Å²) in [7, 11) is -1.48. The zero-order chi connectivity index (χ0) is 12.8. The quantitative estimate of drug-likeness (QED) is 0.809. The molecule has 2 aromatic rings. The molecule has 0 fully saturated rings. The summed E-state index contributed by atoms with van der Waals surface area (Å²) in [5.74, 6) is -0.940. The minimum absolute atomic E-state index is 0.266. The lowest BCUT2D eigenvalue weighted by molar-refractivity contribution is -0.139. The molecule has 0 heterocycles. The number of carbonyl (C=O) groups is 1. The molecule has 0 saturated heterocycles. The van der Waals surface area contributed by atoms with Crippen LogP contribution in [0.3, 0.4) is 0 Å². The van der Waals surface area contributed by atoms with Crippen LogP contribution in [0.15, 0.2) is 60.7 Å². The van der Waals surface area contributed by atoms with Crippen molar-refractivity contribution in [3.05, 3.63) is 60.7 Å². The highest BCUT2D eigenvalue weighted by atomic mass is 28.3. The SMILES string of the molecule is O=C(O)CO[Si](c1ccccc1)c1ccccc1. The van der Waals surface area contributed by atoms with Gasteiger partial charge in [0.05, 0.1) is 0 Å². The van der Waals surface area contributed by atoms with Crippen LogP contribution >= 0.6 is 0 Å². The predicted molar refractivity (Wildman–Crippen MR) is 71.5 cm³/mol. The van der Waals surface area contributed by atoms with E-state index in [1.54, 1.807) is 0 Å². The second-order valence-corrected chi connectivity index (χ2v) is 5.85. The van der Waals surface area contributed by atoms with Gasteiger partial charge in [-0.25, -0.2) is 4.79 Å². The second-order valence-electron chi connectivity index (χ2n) is 3.74. The first-order chi connectivity index (χ1) is 8.77. The fraction of sp³-hybridized carbons (Fsp3) is 0.0714. The van der Waals surface area contributed by atoms with Crippen molar-refractivity contribution >= 4 is 25.4 Å². The number of rotatable bonds is 5. The van der Waals surface area contributed by atoms with Gasteiger partial charge in [0.15, 0.2) is 0 Å². The van der Waals surface area contributed by atoms with Crippen LogP contribution in [0.1, 0.15) is 0 Å². The van der Waals surface area contributed by atoms with Gasteiger partial charge >= 0.3 is 5.97 Å². The molecule has 0 saturated carbocycles. The van der Waals surface area contributed by atoms with Gasteiger partial charge in [-0.3, -0.25) is 0 Å². The molecule has 0 aromatic heterocycles. The van der Waals surface area contributed by atoms with Crippen molar-refractivity contribution in [2.75, 3.05) is 6.61 Å². The van der Waals surface area contributed by atoms with Crippen LogP contribution < -0.4 is 10.4 Å². The second kappa shape index (κ2) is 6.14. The zero-order valence-corrected chi connectivity index (χ0v) is 10.7. The largest absolute Gasteiger partial charge is 0.480 e. The monoisotopic (exact) mass is 257 g/mol. The normalized spacial score (nSPS) is 10.5. The molecule has 0 bridgehead atoms. The Bertz CT molecular complexity index is 459. The lowest BCUT2D eigenvalue weighted by atomic mass is 10.4. The summed E-state index contributed by atoms with van der Waals surface area (Å²) in [5.41, 5.74) is 0. The Labute approximate surface area is 107 Å². The highest BCUT2D eigenvalue weighted by molar-refractivity contribution is 6.80. The van der Waals surface area contributed by atoms with Crippen molar-refractivity contribution in [3.63, 3.8) is 0 Å². The van der Waals surface area contributed by atoms with Gasteiger partial charge in [0.2, 0.25) is 0 Å². The van der Waals surface area contributed by atoms with Crippen LogP contribution in [0, 0.1) is 0 Å². The molecule has 0 aliphatic rings. The van der Waals surface area contributed by atoms with Gasteiger partial charge in [0.25, 0.3) is 9.04 Å². The van der Waals surface area contributed by atoms with Crippen molar-refractivity contribution in [3.8, 4) is 0 Å². The number of carboxylic acid groups (broad SMARTS) is 1. The van der Waals surface area contributed by atoms with Crippen LogP contribution in [0.5, 0.6) is 0 Å². The Kier molecular flexibility index (Phi) is 4.28. The van der Waals surface area contributed by atoms with Crippen molar-refractivity contribution in [1.29, 1.82) is 0 Å². The summed E-state index contributed by atoms with van der Waals surface area (Å²) < 4.78 is 5.58. The summed E-state index contributed by atoms with van der Waals surface area (Å²) in [6, 6.07) is 19.5. The van der Waals surface area contributed by atoms with Gasteiger partial charge in [0.1, 0.15) is 6.61 Å². The molecule has 2 rings (SSSR count). The molecular formula is C14H13O3Si. The molecule has 0 spiro atoms. The Balaban J connectivity index is 2.26. The highest BCUT2D eigenvalue weighted by Crippen LogP contribution is 1.94. The topological polar surface area (TPSA) is 46.5 Å². The molecule has 4 heteroatoms. The van der Waals surface area contributed by atoms with E-state index in [4.69, 9.17) is 9.53 Å². The summed E-state index contributed by atoms with van der Waals surface area (Å²) in [6.45, 7) is -0.266. The van der Waals surface area contributed by atoms with Crippen molar-refractivity contribution in [1.82, 2.24) is 0 Å². The molecule has 0 atom stereocenters. The van der Waals surface area contributed by atoms with E-state index in [1.165, 1.54) is 0 Å². The molecule has 0 unspecified atom stereocenters. The number of benzene rings is 2. The Morgan fingerprint density at radius 1 is 0.944 bits per heavy atom. The lowest BCUT2D eigenvalue weighted by Gasteiger charge is -2.14. The third kappa shape index (κ3) is 3.29. The van der Waals surface area contributed by atoms with Crippen LogP contribution in [-0.2, 0) is 9.22 Å². The maximum atomic E-state index is 10.7. The first-order valence-electron chi connectivity index (χ1n) is 5.60. The third-order valence-corrected chi connectivity index (χ3v) is 4.56. The van der Waals surface area contributed by atoms with Gasteiger partial charge in [-0.05, 0) is 10.4 Å². The van der Waals surface area contributed by atoms with E-state index in [0.29, 0.717) is 0 Å². The first-order valence-corrected chi connectivity index (χ1v) is 7.00. The summed E-state index contributed by atoms with van der Waals surface area (Å²) in [4.78, 5) is 10.7. The first kappa shape index (κ1) is 12.5. The van der Waals surface area contributed by atoms with Crippen molar-refractivity contribution in [2.45, 2.75) is 0 Å². The third-order valence-electron chi connectivity index (χ3n) is 2.41. The van der Waals surface area contributed by atoms with Crippen LogP contribution in [0.4, 0.5) is 0 Å². The number of aliphatic carboxylic acids is 1. The van der Waals surface area contributed by atoms with E-state index in [9.17, 15) is 4.79 Å². The molecule has 3 nitrogen and oxygen atoms in total. The maximum absolute atomic E-state index is 10.7. The number of carboxylic acids is 1. The fourth-order valence-electron chi connectivity index (χ4n) is 1.65. The molecule has 91 valence electrons. The minimum Gasteiger partial charge on any atom is -0.480 e. The fourth-order valence-corrected chi connectivity index (χ4v) is 3.57. The van der Waals surface area contributed by atoms with Crippen molar-refractivity contribution < 1.29 is 14.3 Å². The Morgan fingerprint density at radius 3 is 1.78 bits per heavy atom. The van der Waals surface area contributed by atoms with Gasteiger partial charge in [-0.2, -0.15) is 0 Å². The summed E-state index contributed by atoms with van der Waals surface area (Å²) in [6.07, 6.45) is 0. The van der Waals surface area contributed by atoms with E-state index in [0.717, 1.165) is 10.4 Å². The molecule has 0 aliphatic heterocycles. The van der Waals surface area contributed by atoms with Gasteiger partial charge in [0, 0.05) is 0 Å². The van der Waals surface area contributed by atoms with Gasteiger partial charge in [-0.1, -0.05) is 60.7 Å².